The minimum absolute atomic E-state index is 0.210. The van der Waals surface area contributed by atoms with Crippen molar-refractivity contribution in [1.29, 1.82) is 5.26 Å². The maximum absolute atomic E-state index is 9.50. The van der Waals surface area contributed by atoms with Gasteiger partial charge in [0.05, 0.1) is 11.6 Å². The van der Waals surface area contributed by atoms with Gasteiger partial charge in [-0.1, -0.05) is 116 Å². The molecule has 2 atom stereocenters. The number of rotatable bonds is 3. The third-order valence-corrected chi connectivity index (χ3v) is 9.91. The lowest BCUT2D eigenvalue weighted by Crippen LogP contribution is -2.10. The molecule has 0 saturated heterocycles. The highest BCUT2D eigenvalue weighted by atomic mass is 16.3. The van der Waals surface area contributed by atoms with E-state index in [0.29, 0.717) is 5.56 Å². The third kappa shape index (κ3) is 4.03. The van der Waals surface area contributed by atoms with Crippen LogP contribution in [0.3, 0.4) is 0 Å². The molecule has 0 fully saturated rings. The summed E-state index contributed by atoms with van der Waals surface area (Å²) in [5.41, 5.74) is 8.89. The zero-order valence-corrected chi connectivity index (χ0v) is 25.4. The second-order valence-electron chi connectivity index (χ2n) is 12.4. The van der Waals surface area contributed by atoms with Gasteiger partial charge in [0.25, 0.3) is 0 Å². The molecule has 0 aliphatic heterocycles. The monoisotopic (exact) mass is 587 g/mol. The first-order valence-electron chi connectivity index (χ1n) is 15.9. The second-order valence-corrected chi connectivity index (χ2v) is 12.4. The van der Waals surface area contributed by atoms with E-state index in [2.05, 4.69) is 140 Å². The number of nitrogens with zero attached hydrogens (tertiary/aromatic N) is 1. The Labute approximate surface area is 267 Å². The van der Waals surface area contributed by atoms with E-state index in [-0.39, 0.29) is 11.8 Å². The van der Waals surface area contributed by atoms with E-state index in [4.69, 9.17) is 4.42 Å². The van der Waals surface area contributed by atoms with Gasteiger partial charge in [0.1, 0.15) is 11.3 Å². The van der Waals surface area contributed by atoms with Gasteiger partial charge in [-0.25, -0.2) is 0 Å². The Bertz CT molecular complexity index is 2550. The Balaban J connectivity index is 1.17. The number of fused-ring (bicyclic) bond motifs is 8. The summed E-state index contributed by atoms with van der Waals surface area (Å²) in [5, 5.41) is 18.1. The van der Waals surface area contributed by atoms with Crippen LogP contribution in [0.5, 0.6) is 0 Å². The van der Waals surface area contributed by atoms with Crippen molar-refractivity contribution in [3.05, 3.63) is 162 Å². The molecule has 0 bridgehead atoms. The number of hydrogen-bond acceptors (Lipinski definition) is 2. The maximum Gasteiger partial charge on any atom is 0.135 e. The Morgan fingerprint density at radius 1 is 0.565 bits per heavy atom. The van der Waals surface area contributed by atoms with Crippen LogP contribution in [-0.4, -0.2) is 0 Å². The molecule has 8 aromatic rings. The first-order chi connectivity index (χ1) is 22.7. The van der Waals surface area contributed by atoms with Crippen LogP contribution in [0.4, 0.5) is 0 Å². The van der Waals surface area contributed by atoms with E-state index in [9.17, 15) is 5.26 Å². The van der Waals surface area contributed by atoms with Gasteiger partial charge in [-0.05, 0) is 102 Å². The van der Waals surface area contributed by atoms with Gasteiger partial charge in [-0.15, -0.1) is 0 Å². The topological polar surface area (TPSA) is 36.9 Å². The van der Waals surface area contributed by atoms with Crippen molar-refractivity contribution in [1.82, 2.24) is 0 Å². The molecule has 2 heteroatoms. The van der Waals surface area contributed by atoms with E-state index >= 15 is 0 Å². The molecule has 46 heavy (non-hydrogen) atoms. The summed E-state index contributed by atoms with van der Waals surface area (Å²) in [4.78, 5) is 0. The summed E-state index contributed by atoms with van der Waals surface area (Å²) < 4.78 is 6.16. The molecule has 7 aromatic carbocycles. The van der Waals surface area contributed by atoms with Crippen molar-refractivity contribution >= 4 is 49.4 Å². The fourth-order valence-corrected chi connectivity index (χ4v) is 7.67. The number of benzene rings is 7. The molecule has 0 saturated carbocycles. The van der Waals surface area contributed by atoms with Crippen molar-refractivity contribution in [2.24, 2.45) is 0 Å². The number of nitriles is 1. The highest BCUT2D eigenvalue weighted by molar-refractivity contribution is 6.23. The molecule has 1 aliphatic carbocycles. The molecule has 0 N–H and O–H groups in total. The van der Waals surface area contributed by atoms with E-state index in [0.717, 1.165) is 16.7 Å². The van der Waals surface area contributed by atoms with Crippen LogP contribution in [0.2, 0.25) is 0 Å². The second kappa shape index (κ2) is 10.3. The van der Waals surface area contributed by atoms with Crippen molar-refractivity contribution < 1.29 is 4.42 Å². The summed E-state index contributed by atoms with van der Waals surface area (Å²) in [5.74, 6) is 1.32. The first kappa shape index (κ1) is 26.5. The van der Waals surface area contributed by atoms with Crippen molar-refractivity contribution in [2.75, 3.05) is 0 Å². The van der Waals surface area contributed by atoms with E-state index < -0.39 is 0 Å². The normalized spacial score (nSPS) is 15.8. The molecule has 0 amide bonds. The predicted octanol–water partition coefficient (Wildman–Crippen LogP) is 12.0. The van der Waals surface area contributed by atoms with Crippen LogP contribution < -0.4 is 0 Å². The standard InChI is InChI=1S/C44H29NO/c1-27-32(20-22-43-44(27)41-23-28(26-45)15-21-42(41)46-43)30-16-18-31(19-17-30)38-25-40-35-13-7-5-11-33(35)37(29-9-3-2-4-10-29)24-39(40)36-14-8-6-12-34(36)38/h2-25,27,32H,1H3. The Kier molecular flexibility index (Phi) is 5.95. The SMILES string of the molecule is CC1c2c(oc3ccc(C#N)cc23)C=CC1c1ccc(-c2cc3c4ccccc4c(-c4ccccc4)cc3c3ccccc23)cc1. The van der Waals surface area contributed by atoms with Crippen molar-refractivity contribution in [3.63, 3.8) is 0 Å². The van der Waals surface area contributed by atoms with Crippen molar-refractivity contribution in [2.45, 2.75) is 18.8 Å². The quantitative estimate of drug-likeness (QED) is 0.193. The summed E-state index contributed by atoms with van der Waals surface area (Å²) in [6.07, 6.45) is 4.36. The molecule has 0 spiro atoms. The predicted molar refractivity (Wildman–Crippen MR) is 191 cm³/mol. The van der Waals surface area contributed by atoms with Gasteiger partial charge in [-0.2, -0.15) is 5.26 Å². The Morgan fingerprint density at radius 2 is 1.15 bits per heavy atom. The van der Waals surface area contributed by atoms with Gasteiger partial charge < -0.3 is 4.42 Å². The fraction of sp³-hybridized carbons (Fsp3) is 0.0682. The van der Waals surface area contributed by atoms with Crippen LogP contribution in [0.15, 0.2) is 144 Å². The van der Waals surface area contributed by atoms with Gasteiger partial charge in [0.2, 0.25) is 0 Å². The van der Waals surface area contributed by atoms with Crippen LogP contribution in [0.1, 0.15) is 41.2 Å². The van der Waals surface area contributed by atoms with Crippen molar-refractivity contribution in [3.8, 4) is 28.3 Å². The lowest BCUT2D eigenvalue weighted by Gasteiger charge is -2.25. The number of allylic oxidation sites excluding steroid dienone is 1. The molecular formula is C44H29NO. The van der Waals surface area contributed by atoms with Gasteiger partial charge in [0.15, 0.2) is 0 Å². The largest absolute Gasteiger partial charge is 0.456 e. The first-order valence-corrected chi connectivity index (χ1v) is 15.9. The summed E-state index contributed by atoms with van der Waals surface area (Å²) >= 11 is 0. The smallest absolute Gasteiger partial charge is 0.135 e. The molecule has 1 aliphatic rings. The van der Waals surface area contributed by atoms with Gasteiger partial charge >= 0.3 is 0 Å². The zero-order chi connectivity index (χ0) is 30.8. The van der Waals surface area contributed by atoms with Crippen LogP contribution >= 0.6 is 0 Å². The van der Waals surface area contributed by atoms with E-state index in [1.165, 1.54) is 65.7 Å². The number of furan rings is 1. The highest BCUT2D eigenvalue weighted by Crippen LogP contribution is 2.46. The molecule has 2 unspecified atom stereocenters. The van der Waals surface area contributed by atoms with Gasteiger partial charge in [0, 0.05) is 16.9 Å². The molecule has 2 nitrogen and oxygen atoms in total. The molecule has 1 heterocycles. The van der Waals surface area contributed by atoms with Crippen LogP contribution in [0, 0.1) is 11.3 Å². The molecule has 9 rings (SSSR count). The Hall–Kier alpha value is -5.91. The van der Waals surface area contributed by atoms with Crippen LogP contribution in [-0.2, 0) is 0 Å². The lowest BCUT2D eigenvalue weighted by atomic mass is 9.78. The fourth-order valence-electron chi connectivity index (χ4n) is 7.67. The highest BCUT2D eigenvalue weighted by Gasteiger charge is 2.29. The minimum atomic E-state index is 0.210. The van der Waals surface area contributed by atoms with E-state index in [1.807, 2.05) is 18.2 Å². The lowest BCUT2D eigenvalue weighted by molar-refractivity contribution is 0.573. The van der Waals surface area contributed by atoms with E-state index in [1.54, 1.807) is 0 Å². The molecule has 0 radical (unpaired) electrons. The zero-order valence-electron chi connectivity index (χ0n) is 25.4. The summed E-state index contributed by atoms with van der Waals surface area (Å²) in [7, 11) is 0. The van der Waals surface area contributed by atoms with Crippen LogP contribution in [0.25, 0.3) is 71.6 Å². The molecular weight excluding hydrogens is 558 g/mol. The average Bonchev–Trinajstić information content (AvgIpc) is 3.50. The number of hydrogen-bond donors (Lipinski definition) is 0. The summed E-state index contributed by atoms with van der Waals surface area (Å²) in [6, 6.07) is 50.2. The average molecular weight is 588 g/mol. The maximum atomic E-state index is 9.50. The summed E-state index contributed by atoms with van der Waals surface area (Å²) in [6.45, 7) is 2.26. The Morgan fingerprint density at radius 3 is 1.78 bits per heavy atom. The minimum Gasteiger partial charge on any atom is -0.456 e. The molecule has 216 valence electrons. The third-order valence-electron chi connectivity index (χ3n) is 9.91. The van der Waals surface area contributed by atoms with Gasteiger partial charge in [-0.3, -0.25) is 0 Å². The molecule has 1 aromatic heterocycles.